The molecule has 1 heterocycles. The fourth-order valence-corrected chi connectivity index (χ4v) is 2.89. The molecule has 1 atom stereocenters. The van der Waals surface area contributed by atoms with Crippen LogP contribution < -0.4 is 10.1 Å². The van der Waals surface area contributed by atoms with E-state index in [1.807, 2.05) is 38.1 Å². The van der Waals surface area contributed by atoms with E-state index in [1.165, 1.54) is 0 Å². The Morgan fingerprint density at radius 3 is 2.67 bits per heavy atom. The number of rotatable bonds is 8. The van der Waals surface area contributed by atoms with Gasteiger partial charge in [0.15, 0.2) is 0 Å². The number of ether oxygens (including phenoxy) is 1. The van der Waals surface area contributed by atoms with E-state index in [0.29, 0.717) is 19.5 Å². The van der Waals surface area contributed by atoms with Gasteiger partial charge in [0.25, 0.3) is 0 Å². The number of aliphatic carboxylic acids is 1. The summed E-state index contributed by atoms with van der Waals surface area (Å²) in [7, 11) is 0. The zero-order valence-electron chi connectivity index (χ0n) is 14.3. The molecule has 24 heavy (non-hydrogen) atoms. The Balaban J connectivity index is 1.71. The van der Waals surface area contributed by atoms with Gasteiger partial charge in [0.2, 0.25) is 5.91 Å². The third-order valence-electron chi connectivity index (χ3n) is 4.03. The number of carboxylic acid groups (broad SMARTS) is 1. The molecule has 1 aliphatic rings. The average molecular weight is 334 g/mol. The Morgan fingerprint density at radius 1 is 1.33 bits per heavy atom. The fourth-order valence-electron chi connectivity index (χ4n) is 2.89. The van der Waals surface area contributed by atoms with Crippen molar-refractivity contribution >= 4 is 11.9 Å². The highest BCUT2D eigenvalue weighted by Crippen LogP contribution is 2.16. The van der Waals surface area contributed by atoms with Crippen molar-refractivity contribution in [3.63, 3.8) is 0 Å². The highest BCUT2D eigenvalue weighted by atomic mass is 16.5. The van der Waals surface area contributed by atoms with E-state index in [1.54, 1.807) is 4.90 Å². The van der Waals surface area contributed by atoms with Crippen molar-refractivity contribution in [1.29, 1.82) is 0 Å². The number of nitrogens with zero attached hydrogens (tertiary/aromatic N) is 1. The highest BCUT2D eigenvalue weighted by molar-refractivity contribution is 5.80. The standard InChI is InChI=1S/C18H26N2O4/c1-13(2)24-15-7-5-14(6-8-15)9-10-19-17(21)12-20-11-3-4-16(20)18(22)23/h5-8,13,16H,3-4,9-12H2,1-2H3,(H,19,21)(H,22,23). The lowest BCUT2D eigenvalue weighted by Gasteiger charge is -2.20. The molecule has 1 aromatic rings. The quantitative estimate of drug-likeness (QED) is 0.756. The van der Waals surface area contributed by atoms with E-state index in [9.17, 15) is 9.59 Å². The lowest BCUT2D eigenvalue weighted by molar-refractivity contribution is -0.142. The SMILES string of the molecule is CC(C)Oc1ccc(CCNC(=O)CN2CCCC2C(=O)O)cc1. The van der Waals surface area contributed by atoms with Crippen molar-refractivity contribution < 1.29 is 19.4 Å². The summed E-state index contributed by atoms with van der Waals surface area (Å²) >= 11 is 0. The normalized spacial score (nSPS) is 17.9. The van der Waals surface area contributed by atoms with E-state index >= 15 is 0 Å². The molecule has 0 bridgehead atoms. The van der Waals surface area contributed by atoms with E-state index in [2.05, 4.69) is 5.32 Å². The number of nitrogens with one attached hydrogen (secondary N) is 1. The summed E-state index contributed by atoms with van der Waals surface area (Å²) in [5.74, 6) is -0.126. The predicted molar refractivity (Wildman–Crippen MR) is 91.2 cm³/mol. The van der Waals surface area contributed by atoms with Crippen LogP contribution in [-0.2, 0) is 16.0 Å². The summed E-state index contributed by atoms with van der Waals surface area (Å²) in [5, 5.41) is 12.0. The van der Waals surface area contributed by atoms with Gasteiger partial charge in [-0.1, -0.05) is 12.1 Å². The number of likely N-dealkylation sites (tertiary alicyclic amines) is 1. The van der Waals surface area contributed by atoms with Crippen molar-refractivity contribution in [2.45, 2.75) is 45.3 Å². The number of carboxylic acids is 1. The van der Waals surface area contributed by atoms with E-state index in [4.69, 9.17) is 9.84 Å². The fraction of sp³-hybridized carbons (Fsp3) is 0.556. The molecule has 0 radical (unpaired) electrons. The van der Waals surface area contributed by atoms with Gasteiger partial charge < -0.3 is 15.2 Å². The number of benzene rings is 1. The van der Waals surface area contributed by atoms with Crippen molar-refractivity contribution in [1.82, 2.24) is 10.2 Å². The van der Waals surface area contributed by atoms with Gasteiger partial charge >= 0.3 is 5.97 Å². The lowest BCUT2D eigenvalue weighted by atomic mass is 10.1. The van der Waals surface area contributed by atoms with E-state index in [0.717, 1.165) is 24.2 Å². The van der Waals surface area contributed by atoms with Crippen molar-refractivity contribution in [2.75, 3.05) is 19.6 Å². The molecule has 132 valence electrons. The maximum absolute atomic E-state index is 12.0. The number of carbonyl (C=O) groups is 2. The topological polar surface area (TPSA) is 78.9 Å². The molecule has 2 rings (SSSR count). The van der Waals surface area contributed by atoms with Gasteiger partial charge in [-0.2, -0.15) is 0 Å². The van der Waals surface area contributed by atoms with Gasteiger partial charge in [-0.25, -0.2) is 0 Å². The molecule has 6 nitrogen and oxygen atoms in total. The van der Waals surface area contributed by atoms with Crippen LogP contribution in [0.1, 0.15) is 32.3 Å². The molecule has 0 aliphatic carbocycles. The third kappa shape index (κ3) is 5.53. The summed E-state index contributed by atoms with van der Waals surface area (Å²) in [5.41, 5.74) is 1.12. The maximum atomic E-state index is 12.0. The molecule has 0 saturated carbocycles. The molecule has 1 saturated heterocycles. The number of hydrogen-bond acceptors (Lipinski definition) is 4. The Bertz CT molecular complexity index is 557. The Kier molecular flexibility index (Phi) is 6.61. The van der Waals surface area contributed by atoms with Crippen LogP contribution in [0.15, 0.2) is 24.3 Å². The van der Waals surface area contributed by atoms with Crippen molar-refractivity contribution in [2.24, 2.45) is 0 Å². The number of carbonyl (C=O) groups excluding carboxylic acids is 1. The zero-order chi connectivity index (χ0) is 17.5. The van der Waals surface area contributed by atoms with Crippen LogP contribution >= 0.6 is 0 Å². The molecular formula is C18H26N2O4. The summed E-state index contributed by atoms with van der Waals surface area (Å²) < 4.78 is 5.59. The minimum Gasteiger partial charge on any atom is -0.491 e. The van der Waals surface area contributed by atoms with E-state index < -0.39 is 12.0 Å². The maximum Gasteiger partial charge on any atom is 0.320 e. The summed E-state index contributed by atoms with van der Waals surface area (Å²) in [6.07, 6.45) is 2.33. The second-order valence-corrected chi connectivity index (χ2v) is 6.38. The van der Waals surface area contributed by atoms with Gasteiger partial charge in [-0.15, -0.1) is 0 Å². The van der Waals surface area contributed by atoms with Crippen molar-refractivity contribution in [3.05, 3.63) is 29.8 Å². The lowest BCUT2D eigenvalue weighted by Crippen LogP contribution is -2.43. The van der Waals surface area contributed by atoms with Gasteiger partial charge in [0, 0.05) is 6.54 Å². The molecule has 0 aromatic heterocycles. The van der Waals surface area contributed by atoms with Crippen LogP contribution in [-0.4, -0.2) is 53.7 Å². The first-order valence-corrected chi connectivity index (χ1v) is 8.45. The van der Waals surface area contributed by atoms with Crippen LogP contribution in [0.5, 0.6) is 5.75 Å². The van der Waals surface area contributed by atoms with Crippen LogP contribution in [0.2, 0.25) is 0 Å². The van der Waals surface area contributed by atoms with Gasteiger partial charge in [-0.05, 0) is 57.4 Å². The largest absolute Gasteiger partial charge is 0.491 e. The molecule has 1 aromatic carbocycles. The first kappa shape index (κ1) is 18.3. The van der Waals surface area contributed by atoms with Crippen LogP contribution in [0, 0.1) is 0 Å². The number of hydrogen-bond donors (Lipinski definition) is 2. The van der Waals surface area contributed by atoms with Gasteiger partial charge in [0.1, 0.15) is 11.8 Å². The molecule has 2 N–H and O–H groups in total. The number of amides is 1. The zero-order valence-corrected chi connectivity index (χ0v) is 14.3. The molecular weight excluding hydrogens is 308 g/mol. The highest BCUT2D eigenvalue weighted by Gasteiger charge is 2.31. The van der Waals surface area contributed by atoms with Crippen molar-refractivity contribution in [3.8, 4) is 5.75 Å². The Labute approximate surface area is 142 Å². The first-order chi connectivity index (χ1) is 11.5. The summed E-state index contributed by atoms with van der Waals surface area (Å²) in [6, 6.07) is 7.32. The van der Waals surface area contributed by atoms with E-state index in [-0.39, 0.29) is 18.6 Å². The second kappa shape index (κ2) is 8.68. The van der Waals surface area contributed by atoms with Gasteiger partial charge in [0.05, 0.1) is 12.6 Å². The smallest absolute Gasteiger partial charge is 0.320 e. The molecule has 1 unspecified atom stereocenters. The van der Waals surface area contributed by atoms with Crippen LogP contribution in [0.25, 0.3) is 0 Å². The Morgan fingerprint density at radius 2 is 2.04 bits per heavy atom. The molecule has 1 amide bonds. The minimum atomic E-state index is -0.844. The summed E-state index contributed by atoms with van der Waals surface area (Å²) in [4.78, 5) is 24.8. The Hall–Kier alpha value is -2.08. The van der Waals surface area contributed by atoms with Gasteiger partial charge in [-0.3, -0.25) is 14.5 Å². The second-order valence-electron chi connectivity index (χ2n) is 6.38. The third-order valence-corrected chi connectivity index (χ3v) is 4.03. The molecule has 1 fully saturated rings. The van der Waals surface area contributed by atoms with Crippen LogP contribution in [0.3, 0.4) is 0 Å². The molecule has 1 aliphatic heterocycles. The summed E-state index contributed by atoms with van der Waals surface area (Å²) in [6.45, 7) is 5.33. The minimum absolute atomic E-state index is 0.122. The molecule has 0 spiro atoms. The predicted octanol–water partition coefficient (Wildman–Crippen LogP) is 1.68. The first-order valence-electron chi connectivity index (χ1n) is 8.45. The average Bonchev–Trinajstić information content (AvgIpc) is 2.97. The molecule has 6 heteroatoms. The van der Waals surface area contributed by atoms with Crippen LogP contribution in [0.4, 0.5) is 0 Å². The monoisotopic (exact) mass is 334 g/mol.